The molecule has 1 aliphatic heterocycles. The fourth-order valence-electron chi connectivity index (χ4n) is 2.79. The van der Waals surface area contributed by atoms with Crippen molar-refractivity contribution in [2.24, 2.45) is 0 Å². The molecular formula is C14H17ClN4O. The SMILES string of the molecule is CC(=O)N(C)C1CCN(c2cc(Cl)cc3[nH]ncc23)C1. The highest BCUT2D eigenvalue weighted by Gasteiger charge is 2.28. The van der Waals surface area contributed by atoms with Crippen molar-refractivity contribution in [3.8, 4) is 0 Å². The number of hydrogen-bond donors (Lipinski definition) is 1. The molecule has 1 aliphatic rings. The van der Waals surface area contributed by atoms with Crippen LogP contribution in [0.15, 0.2) is 18.3 Å². The molecule has 0 saturated carbocycles. The molecule has 6 heteroatoms. The second kappa shape index (κ2) is 4.98. The lowest BCUT2D eigenvalue weighted by molar-refractivity contribution is -0.129. The van der Waals surface area contributed by atoms with Gasteiger partial charge in [-0.25, -0.2) is 0 Å². The molecule has 1 N–H and O–H groups in total. The number of nitrogens with zero attached hydrogens (tertiary/aromatic N) is 3. The van der Waals surface area contributed by atoms with Gasteiger partial charge in [0.05, 0.1) is 17.8 Å². The van der Waals surface area contributed by atoms with Crippen LogP contribution in [0.25, 0.3) is 10.9 Å². The molecule has 1 fully saturated rings. The van der Waals surface area contributed by atoms with Gasteiger partial charge in [0, 0.05) is 43.2 Å². The maximum atomic E-state index is 11.5. The molecule has 1 saturated heterocycles. The number of amides is 1. The highest BCUT2D eigenvalue weighted by molar-refractivity contribution is 6.31. The standard InChI is InChI=1S/C14H17ClN4O/c1-9(20)18(2)11-3-4-19(8-11)14-6-10(15)5-13-12(14)7-16-17-13/h5-7,11H,3-4,8H2,1-2H3,(H,16,17). The highest BCUT2D eigenvalue weighted by Crippen LogP contribution is 2.32. The van der Waals surface area contributed by atoms with Gasteiger partial charge in [-0.3, -0.25) is 9.89 Å². The summed E-state index contributed by atoms with van der Waals surface area (Å²) in [5, 5.41) is 8.80. The average molecular weight is 293 g/mol. The van der Waals surface area contributed by atoms with Gasteiger partial charge < -0.3 is 9.80 Å². The first-order valence-corrected chi connectivity index (χ1v) is 7.05. The number of H-pyrrole nitrogens is 1. The van der Waals surface area contributed by atoms with Crippen LogP contribution in [0, 0.1) is 0 Å². The Balaban J connectivity index is 1.89. The van der Waals surface area contributed by atoms with Gasteiger partial charge in [0.25, 0.3) is 0 Å². The molecule has 0 radical (unpaired) electrons. The Bertz CT molecular complexity index is 654. The number of aromatic nitrogens is 2. The minimum atomic E-state index is 0.108. The molecule has 1 amide bonds. The van der Waals surface area contributed by atoms with Gasteiger partial charge in [-0.15, -0.1) is 0 Å². The van der Waals surface area contributed by atoms with Crippen molar-refractivity contribution in [1.29, 1.82) is 0 Å². The second-order valence-electron chi connectivity index (χ2n) is 5.27. The summed E-state index contributed by atoms with van der Waals surface area (Å²) in [4.78, 5) is 15.6. The zero-order chi connectivity index (χ0) is 14.3. The number of halogens is 1. The number of carbonyl (C=O) groups is 1. The van der Waals surface area contributed by atoms with Gasteiger partial charge in [-0.2, -0.15) is 5.10 Å². The van der Waals surface area contributed by atoms with E-state index < -0.39 is 0 Å². The van der Waals surface area contributed by atoms with Crippen molar-refractivity contribution in [2.75, 3.05) is 25.0 Å². The van der Waals surface area contributed by atoms with Gasteiger partial charge in [0.15, 0.2) is 0 Å². The van der Waals surface area contributed by atoms with Crippen molar-refractivity contribution in [3.63, 3.8) is 0 Å². The van der Waals surface area contributed by atoms with Gasteiger partial charge in [-0.1, -0.05) is 11.6 Å². The Morgan fingerprint density at radius 2 is 2.35 bits per heavy atom. The third kappa shape index (κ3) is 2.22. The zero-order valence-corrected chi connectivity index (χ0v) is 12.3. The van der Waals surface area contributed by atoms with Crippen LogP contribution in [-0.2, 0) is 4.79 Å². The van der Waals surface area contributed by atoms with E-state index in [0.29, 0.717) is 5.02 Å². The van der Waals surface area contributed by atoms with E-state index in [9.17, 15) is 4.79 Å². The van der Waals surface area contributed by atoms with Crippen molar-refractivity contribution in [2.45, 2.75) is 19.4 Å². The van der Waals surface area contributed by atoms with E-state index in [2.05, 4.69) is 15.1 Å². The van der Waals surface area contributed by atoms with E-state index in [4.69, 9.17) is 11.6 Å². The van der Waals surface area contributed by atoms with E-state index in [1.165, 1.54) is 0 Å². The fraction of sp³-hybridized carbons (Fsp3) is 0.429. The molecule has 2 aromatic rings. The van der Waals surface area contributed by atoms with Crippen LogP contribution in [0.5, 0.6) is 0 Å². The van der Waals surface area contributed by atoms with Crippen molar-refractivity contribution >= 4 is 34.1 Å². The van der Waals surface area contributed by atoms with Crippen molar-refractivity contribution < 1.29 is 4.79 Å². The van der Waals surface area contributed by atoms with Crippen molar-refractivity contribution in [3.05, 3.63) is 23.4 Å². The van der Waals surface area contributed by atoms with Crippen LogP contribution < -0.4 is 4.90 Å². The summed E-state index contributed by atoms with van der Waals surface area (Å²) < 4.78 is 0. The molecule has 0 spiro atoms. The van der Waals surface area contributed by atoms with Gasteiger partial charge >= 0.3 is 0 Å². The molecular weight excluding hydrogens is 276 g/mol. The molecule has 1 aromatic heterocycles. The maximum absolute atomic E-state index is 11.5. The number of anilines is 1. The smallest absolute Gasteiger partial charge is 0.219 e. The average Bonchev–Trinajstić information content (AvgIpc) is 3.05. The Labute approximate surface area is 122 Å². The molecule has 2 heterocycles. The maximum Gasteiger partial charge on any atom is 0.219 e. The van der Waals surface area contributed by atoms with Gasteiger partial charge in [0.1, 0.15) is 0 Å². The second-order valence-corrected chi connectivity index (χ2v) is 5.71. The quantitative estimate of drug-likeness (QED) is 0.924. The summed E-state index contributed by atoms with van der Waals surface area (Å²) >= 11 is 6.17. The summed E-state index contributed by atoms with van der Waals surface area (Å²) in [5.74, 6) is 0.108. The van der Waals surface area contributed by atoms with Gasteiger partial charge in [0.2, 0.25) is 5.91 Å². The minimum absolute atomic E-state index is 0.108. The molecule has 20 heavy (non-hydrogen) atoms. The summed E-state index contributed by atoms with van der Waals surface area (Å²) in [7, 11) is 1.86. The molecule has 1 unspecified atom stereocenters. The van der Waals surface area contributed by atoms with Crippen LogP contribution in [-0.4, -0.2) is 47.2 Å². The first kappa shape index (κ1) is 13.2. The zero-order valence-electron chi connectivity index (χ0n) is 11.6. The highest BCUT2D eigenvalue weighted by atomic mass is 35.5. The first-order chi connectivity index (χ1) is 9.56. The fourth-order valence-corrected chi connectivity index (χ4v) is 3.01. The van der Waals surface area contributed by atoms with E-state index >= 15 is 0 Å². The number of likely N-dealkylation sites (N-methyl/N-ethyl adjacent to an activating group) is 1. The Morgan fingerprint density at radius 3 is 3.10 bits per heavy atom. The summed E-state index contributed by atoms with van der Waals surface area (Å²) in [6.45, 7) is 3.36. The van der Waals surface area contributed by atoms with Crippen LogP contribution >= 0.6 is 11.6 Å². The molecule has 106 valence electrons. The number of rotatable bonds is 2. The third-order valence-electron chi connectivity index (χ3n) is 4.05. The lowest BCUT2D eigenvalue weighted by Gasteiger charge is -2.24. The normalized spacial score (nSPS) is 18.8. The van der Waals surface area contributed by atoms with E-state index in [-0.39, 0.29) is 11.9 Å². The Morgan fingerprint density at radius 1 is 1.55 bits per heavy atom. The predicted molar refractivity (Wildman–Crippen MR) is 80.2 cm³/mol. The van der Waals surface area contributed by atoms with E-state index in [1.54, 1.807) is 6.92 Å². The molecule has 0 aliphatic carbocycles. The predicted octanol–water partition coefficient (Wildman–Crippen LogP) is 2.27. The molecule has 3 rings (SSSR count). The summed E-state index contributed by atoms with van der Waals surface area (Å²) in [5.41, 5.74) is 2.02. The number of carbonyl (C=O) groups excluding carboxylic acids is 1. The molecule has 1 aromatic carbocycles. The summed E-state index contributed by atoms with van der Waals surface area (Å²) in [6, 6.07) is 4.10. The number of hydrogen-bond acceptors (Lipinski definition) is 3. The largest absolute Gasteiger partial charge is 0.369 e. The minimum Gasteiger partial charge on any atom is -0.369 e. The number of nitrogens with one attached hydrogen (secondary N) is 1. The number of fused-ring (bicyclic) bond motifs is 1. The third-order valence-corrected chi connectivity index (χ3v) is 4.27. The molecule has 5 nitrogen and oxygen atoms in total. The van der Waals surface area contributed by atoms with Crippen LogP contribution in [0.1, 0.15) is 13.3 Å². The van der Waals surface area contributed by atoms with Crippen LogP contribution in [0.3, 0.4) is 0 Å². The lowest BCUT2D eigenvalue weighted by Crippen LogP contribution is -2.37. The Kier molecular flexibility index (Phi) is 3.30. The first-order valence-electron chi connectivity index (χ1n) is 6.67. The summed E-state index contributed by atoms with van der Waals surface area (Å²) in [6.07, 6.45) is 2.80. The van der Waals surface area contributed by atoms with Crippen molar-refractivity contribution in [1.82, 2.24) is 15.1 Å². The van der Waals surface area contributed by atoms with Crippen LogP contribution in [0.4, 0.5) is 5.69 Å². The number of benzene rings is 1. The van der Waals surface area contributed by atoms with Gasteiger partial charge in [-0.05, 0) is 18.6 Å². The monoisotopic (exact) mass is 292 g/mol. The van der Waals surface area contributed by atoms with Crippen LogP contribution in [0.2, 0.25) is 5.02 Å². The molecule has 0 bridgehead atoms. The molecule has 1 atom stereocenters. The lowest BCUT2D eigenvalue weighted by atomic mass is 10.2. The van der Waals surface area contributed by atoms with E-state index in [1.807, 2.05) is 30.3 Å². The Hall–Kier alpha value is -1.75. The number of aromatic amines is 1. The topological polar surface area (TPSA) is 52.2 Å². The van der Waals surface area contributed by atoms with E-state index in [0.717, 1.165) is 36.1 Å².